The zero-order chi connectivity index (χ0) is 12.5. The van der Waals surface area contributed by atoms with Gasteiger partial charge in [0, 0.05) is 17.8 Å². The van der Waals surface area contributed by atoms with Gasteiger partial charge in [-0.15, -0.1) is 0 Å². The molecular formula is C14H18N4. The van der Waals surface area contributed by atoms with E-state index in [4.69, 9.17) is 0 Å². The quantitative estimate of drug-likeness (QED) is 0.877. The van der Waals surface area contributed by atoms with Gasteiger partial charge in [0.2, 0.25) is 0 Å². The molecule has 18 heavy (non-hydrogen) atoms. The number of fused-ring (bicyclic) bond motifs is 1. The van der Waals surface area contributed by atoms with Crippen molar-refractivity contribution in [2.75, 3.05) is 7.05 Å². The van der Waals surface area contributed by atoms with Gasteiger partial charge in [-0.1, -0.05) is 0 Å². The van der Waals surface area contributed by atoms with Gasteiger partial charge in [-0.2, -0.15) is 5.10 Å². The number of nitrogens with zero attached hydrogens (tertiary/aromatic N) is 3. The Balaban J connectivity index is 2.07. The SMILES string of the molecule is CNC1CCCc2c1cnn2-c1cc(C)ccn1. The topological polar surface area (TPSA) is 42.7 Å². The third-order valence-corrected chi connectivity index (χ3v) is 3.65. The van der Waals surface area contributed by atoms with Gasteiger partial charge in [0.15, 0.2) is 5.82 Å². The number of aromatic nitrogens is 3. The molecule has 4 nitrogen and oxygen atoms in total. The van der Waals surface area contributed by atoms with Crippen LogP contribution in [0.2, 0.25) is 0 Å². The lowest BCUT2D eigenvalue weighted by Crippen LogP contribution is -2.21. The fraction of sp³-hybridized carbons (Fsp3) is 0.429. The molecule has 2 aromatic rings. The smallest absolute Gasteiger partial charge is 0.153 e. The van der Waals surface area contributed by atoms with Crippen molar-refractivity contribution in [2.24, 2.45) is 0 Å². The monoisotopic (exact) mass is 242 g/mol. The molecule has 0 spiro atoms. The number of aryl methyl sites for hydroxylation is 1. The fourth-order valence-electron chi connectivity index (χ4n) is 2.69. The van der Waals surface area contributed by atoms with Gasteiger partial charge in [0.05, 0.1) is 11.9 Å². The summed E-state index contributed by atoms with van der Waals surface area (Å²) in [5.74, 6) is 0.924. The van der Waals surface area contributed by atoms with Crippen molar-refractivity contribution >= 4 is 0 Å². The average molecular weight is 242 g/mol. The maximum Gasteiger partial charge on any atom is 0.153 e. The summed E-state index contributed by atoms with van der Waals surface area (Å²) in [4.78, 5) is 4.42. The van der Waals surface area contributed by atoms with E-state index in [1.54, 1.807) is 0 Å². The van der Waals surface area contributed by atoms with Gasteiger partial charge in [-0.05, 0) is 50.9 Å². The van der Waals surface area contributed by atoms with E-state index in [1.165, 1.54) is 29.7 Å². The molecule has 0 radical (unpaired) electrons. The summed E-state index contributed by atoms with van der Waals surface area (Å²) in [6.45, 7) is 2.08. The van der Waals surface area contributed by atoms with Crippen molar-refractivity contribution in [3.8, 4) is 5.82 Å². The highest BCUT2D eigenvalue weighted by atomic mass is 15.3. The van der Waals surface area contributed by atoms with Crippen LogP contribution in [-0.2, 0) is 6.42 Å². The maximum atomic E-state index is 4.52. The van der Waals surface area contributed by atoms with E-state index in [0.29, 0.717) is 6.04 Å². The van der Waals surface area contributed by atoms with Crippen LogP contribution in [0, 0.1) is 6.92 Å². The predicted molar refractivity (Wildman–Crippen MR) is 70.8 cm³/mol. The third-order valence-electron chi connectivity index (χ3n) is 3.65. The largest absolute Gasteiger partial charge is 0.313 e. The highest BCUT2D eigenvalue weighted by Crippen LogP contribution is 2.30. The summed E-state index contributed by atoms with van der Waals surface area (Å²) in [6, 6.07) is 4.53. The lowest BCUT2D eigenvalue weighted by molar-refractivity contribution is 0.489. The molecule has 4 heteroatoms. The van der Waals surface area contributed by atoms with Gasteiger partial charge in [-0.3, -0.25) is 0 Å². The van der Waals surface area contributed by atoms with E-state index in [1.807, 2.05) is 30.2 Å². The van der Waals surface area contributed by atoms with Crippen molar-refractivity contribution < 1.29 is 0 Å². The molecule has 1 atom stereocenters. The van der Waals surface area contributed by atoms with Gasteiger partial charge in [0.25, 0.3) is 0 Å². The summed E-state index contributed by atoms with van der Waals surface area (Å²) >= 11 is 0. The van der Waals surface area contributed by atoms with Gasteiger partial charge < -0.3 is 5.32 Å². The number of hydrogen-bond donors (Lipinski definition) is 1. The minimum Gasteiger partial charge on any atom is -0.313 e. The minimum atomic E-state index is 0.437. The lowest BCUT2D eigenvalue weighted by atomic mass is 9.93. The molecule has 2 aromatic heterocycles. The van der Waals surface area contributed by atoms with Gasteiger partial charge in [-0.25, -0.2) is 9.67 Å². The van der Waals surface area contributed by atoms with Crippen LogP contribution in [0.4, 0.5) is 0 Å². The predicted octanol–water partition coefficient (Wildman–Crippen LogP) is 2.17. The molecule has 1 N–H and O–H groups in total. The average Bonchev–Trinajstić information content (AvgIpc) is 2.82. The highest BCUT2D eigenvalue weighted by Gasteiger charge is 2.23. The minimum absolute atomic E-state index is 0.437. The molecule has 94 valence electrons. The molecule has 1 aliphatic rings. The summed E-state index contributed by atoms with van der Waals surface area (Å²) in [6.07, 6.45) is 7.31. The summed E-state index contributed by atoms with van der Waals surface area (Å²) in [7, 11) is 2.02. The molecule has 1 unspecified atom stereocenters. The zero-order valence-electron chi connectivity index (χ0n) is 10.8. The van der Waals surface area contributed by atoms with Crippen molar-refractivity contribution in [3.63, 3.8) is 0 Å². The fourth-order valence-corrected chi connectivity index (χ4v) is 2.69. The molecular weight excluding hydrogens is 224 g/mol. The van der Waals surface area contributed by atoms with E-state index in [0.717, 1.165) is 12.2 Å². The van der Waals surface area contributed by atoms with Crippen molar-refractivity contribution in [1.29, 1.82) is 0 Å². The van der Waals surface area contributed by atoms with Crippen molar-refractivity contribution in [3.05, 3.63) is 41.3 Å². The number of nitrogens with one attached hydrogen (secondary N) is 1. The van der Waals surface area contributed by atoms with E-state index in [9.17, 15) is 0 Å². The molecule has 0 saturated heterocycles. The lowest BCUT2D eigenvalue weighted by Gasteiger charge is -2.22. The van der Waals surface area contributed by atoms with Crippen LogP contribution in [-0.4, -0.2) is 21.8 Å². The normalized spacial score (nSPS) is 18.7. The second-order valence-corrected chi connectivity index (χ2v) is 4.88. The third kappa shape index (κ3) is 1.82. The molecule has 0 saturated carbocycles. The first-order valence-corrected chi connectivity index (χ1v) is 6.46. The van der Waals surface area contributed by atoms with Crippen LogP contribution in [0.15, 0.2) is 24.5 Å². The standard InChI is InChI=1S/C14H18N4/c1-10-6-7-16-14(8-10)18-13-5-3-4-12(15-2)11(13)9-17-18/h6-9,12,15H,3-5H2,1-2H3. The molecule has 2 heterocycles. The Labute approximate surface area is 107 Å². The van der Waals surface area contributed by atoms with Crippen LogP contribution in [0.5, 0.6) is 0 Å². The van der Waals surface area contributed by atoms with Gasteiger partial charge in [0.1, 0.15) is 0 Å². The molecule has 0 bridgehead atoms. The molecule has 1 aliphatic carbocycles. The molecule has 0 fully saturated rings. The van der Waals surface area contributed by atoms with E-state index >= 15 is 0 Å². The Morgan fingerprint density at radius 3 is 3.11 bits per heavy atom. The summed E-state index contributed by atoms with van der Waals surface area (Å²) in [5.41, 5.74) is 3.84. The molecule has 0 aliphatic heterocycles. The second-order valence-electron chi connectivity index (χ2n) is 4.88. The first kappa shape index (κ1) is 11.4. The van der Waals surface area contributed by atoms with Crippen molar-refractivity contribution in [1.82, 2.24) is 20.1 Å². The Morgan fingerprint density at radius 1 is 1.44 bits per heavy atom. The summed E-state index contributed by atoms with van der Waals surface area (Å²) in [5, 5.41) is 7.88. The van der Waals surface area contributed by atoms with Crippen LogP contribution in [0.1, 0.15) is 35.7 Å². The molecule has 0 aromatic carbocycles. The molecule has 3 rings (SSSR count). The number of hydrogen-bond acceptors (Lipinski definition) is 3. The first-order valence-electron chi connectivity index (χ1n) is 6.46. The van der Waals surface area contributed by atoms with Crippen LogP contribution < -0.4 is 5.32 Å². The van der Waals surface area contributed by atoms with E-state index < -0.39 is 0 Å². The number of pyridine rings is 1. The van der Waals surface area contributed by atoms with E-state index in [-0.39, 0.29) is 0 Å². The van der Waals surface area contributed by atoms with Crippen molar-refractivity contribution in [2.45, 2.75) is 32.2 Å². The van der Waals surface area contributed by atoms with Crippen LogP contribution in [0.25, 0.3) is 5.82 Å². The molecule has 0 amide bonds. The summed E-state index contributed by atoms with van der Waals surface area (Å²) < 4.78 is 1.99. The van der Waals surface area contributed by atoms with Crippen LogP contribution >= 0.6 is 0 Å². The van der Waals surface area contributed by atoms with Crippen LogP contribution in [0.3, 0.4) is 0 Å². The second kappa shape index (κ2) is 4.53. The Kier molecular flexibility index (Phi) is 2.88. The van der Waals surface area contributed by atoms with Gasteiger partial charge >= 0.3 is 0 Å². The van der Waals surface area contributed by atoms with E-state index in [2.05, 4.69) is 28.4 Å². The Hall–Kier alpha value is -1.68. The highest BCUT2D eigenvalue weighted by molar-refractivity contribution is 5.34. The zero-order valence-corrected chi connectivity index (χ0v) is 10.8. The Bertz CT molecular complexity index is 559. The maximum absolute atomic E-state index is 4.52. The first-order chi connectivity index (χ1) is 8.79. The Morgan fingerprint density at radius 2 is 2.33 bits per heavy atom. The number of rotatable bonds is 2.